The zero-order valence-electron chi connectivity index (χ0n) is 16.7. The van der Waals surface area contributed by atoms with E-state index in [1.165, 1.54) is 14.1 Å². The summed E-state index contributed by atoms with van der Waals surface area (Å²) in [6.07, 6.45) is 3.33. The molecule has 154 valence electrons. The Morgan fingerprint density at radius 1 is 0.967 bits per heavy atom. The maximum Gasteiger partial charge on any atom is 0.275 e. The first-order valence-corrected chi connectivity index (χ1v) is 12.1. The van der Waals surface area contributed by atoms with Crippen LogP contribution in [0.3, 0.4) is 0 Å². The van der Waals surface area contributed by atoms with Gasteiger partial charge in [-0.2, -0.15) is 0 Å². The molecule has 4 rings (SSSR count). The molecule has 0 saturated carbocycles. The fourth-order valence-electron chi connectivity index (χ4n) is 3.61. The summed E-state index contributed by atoms with van der Waals surface area (Å²) in [6, 6.07) is 18.6. The first-order chi connectivity index (χ1) is 14.3. The number of hydrogen-bond donors (Lipinski definition) is 0. The number of halogens is 1. The molecular formula is C23H21IN2O3S. The molecule has 4 aromatic rings. The van der Waals surface area contributed by atoms with Gasteiger partial charge >= 0.3 is 0 Å². The third-order valence-corrected chi connectivity index (χ3v) is 8.07. The lowest BCUT2D eigenvalue weighted by molar-refractivity contribution is 0.588. The van der Waals surface area contributed by atoms with Gasteiger partial charge in [-0.15, -0.1) is 0 Å². The van der Waals surface area contributed by atoms with Crippen LogP contribution in [0.5, 0.6) is 0 Å². The SMILES string of the molecule is Cc1ccc(S(=O)(=O)n2c(I)cc3c(CCc4ccccc4)cn(C)c(=O)c32)cc1. The minimum absolute atomic E-state index is 0.167. The molecule has 0 unspecified atom stereocenters. The van der Waals surface area contributed by atoms with Gasteiger partial charge in [0.1, 0.15) is 5.52 Å². The van der Waals surface area contributed by atoms with Crippen LogP contribution in [0.15, 0.2) is 76.6 Å². The smallest absolute Gasteiger partial charge is 0.275 e. The molecule has 7 heteroatoms. The van der Waals surface area contributed by atoms with Crippen molar-refractivity contribution >= 4 is 43.5 Å². The number of fused-ring (bicyclic) bond motifs is 1. The van der Waals surface area contributed by atoms with Crippen LogP contribution in [0, 0.1) is 10.6 Å². The average Bonchev–Trinajstić information content (AvgIpc) is 3.09. The fourth-order valence-corrected chi connectivity index (χ4v) is 6.33. The van der Waals surface area contributed by atoms with E-state index in [1.54, 1.807) is 37.4 Å². The minimum atomic E-state index is -3.90. The van der Waals surface area contributed by atoms with Crippen LogP contribution in [0.2, 0.25) is 0 Å². The van der Waals surface area contributed by atoms with Gasteiger partial charge in [-0.1, -0.05) is 48.0 Å². The lowest BCUT2D eigenvalue weighted by atomic mass is 10.0. The maximum absolute atomic E-state index is 13.4. The van der Waals surface area contributed by atoms with E-state index in [2.05, 4.69) is 12.1 Å². The zero-order chi connectivity index (χ0) is 21.5. The lowest BCUT2D eigenvalue weighted by Crippen LogP contribution is -2.24. The molecule has 0 radical (unpaired) electrons. The average molecular weight is 532 g/mol. The largest absolute Gasteiger partial charge is 0.316 e. The van der Waals surface area contributed by atoms with Gasteiger partial charge in [0.25, 0.3) is 15.6 Å². The number of rotatable bonds is 5. The fraction of sp³-hybridized carbons (Fsp3) is 0.174. The highest BCUT2D eigenvalue weighted by Crippen LogP contribution is 2.28. The maximum atomic E-state index is 13.4. The molecule has 5 nitrogen and oxygen atoms in total. The van der Waals surface area contributed by atoms with Gasteiger partial charge in [0, 0.05) is 18.6 Å². The first-order valence-electron chi connectivity index (χ1n) is 9.54. The Morgan fingerprint density at radius 2 is 1.63 bits per heavy atom. The van der Waals surface area contributed by atoms with Crippen LogP contribution < -0.4 is 5.56 Å². The van der Waals surface area contributed by atoms with Gasteiger partial charge in [0.2, 0.25) is 0 Å². The summed E-state index contributed by atoms with van der Waals surface area (Å²) in [4.78, 5) is 13.2. The predicted octanol–water partition coefficient (Wildman–Crippen LogP) is 4.28. The molecular weight excluding hydrogens is 511 g/mol. The number of nitrogens with zero attached hydrogens (tertiary/aromatic N) is 2. The highest BCUT2D eigenvalue weighted by atomic mass is 127. The molecule has 2 aromatic heterocycles. The van der Waals surface area contributed by atoms with Crippen LogP contribution in [0.25, 0.3) is 10.9 Å². The van der Waals surface area contributed by atoms with Crippen molar-refractivity contribution in [3.63, 3.8) is 0 Å². The number of pyridine rings is 1. The van der Waals surface area contributed by atoms with E-state index in [0.29, 0.717) is 15.5 Å². The summed E-state index contributed by atoms with van der Waals surface area (Å²) >= 11 is 1.99. The van der Waals surface area contributed by atoms with Crippen molar-refractivity contribution in [1.82, 2.24) is 8.54 Å². The Bertz CT molecular complexity index is 1390. The molecule has 0 N–H and O–H groups in total. The van der Waals surface area contributed by atoms with Crippen LogP contribution in [-0.2, 0) is 29.9 Å². The summed E-state index contributed by atoms with van der Waals surface area (Å²) < 4.78 is 30.0. The lowest BCUT2D eigenvalue weighted by Gasteiger charge is -2.11. The monoisotopic (exact) mass is 532 g/mol. The summed E-state index contributed by atoms with van der Waals surface area (Å²) in [7, 11) is -2.23. The molecule has 0 atom stereocenters. The highest BCUT2D eigenvalue weighted by molar-refractivity contribution is 14.1. The van der Waals surface area contributed by atoms with Gasteiger partial charge in [-0.25, -0.2) is 12.4 Å². The molecule has 30 heavy (non-hydrogen) atoms. The first kappa shape index (κ1) is 20.9. The Hall–Kier alpha value is -2.39. The van der Waals surface area contributed by atoms with E-state index in [4.69, 9.17) is 0 Å². The molecule has 2 heterocycles. The second kappa shape index (κ2) is 8.03. The summed E-state index contributed by atoms with van der Waals surface area (Å²) in [6.45, 7) is 1.90. The molecule has 2 aromatic carbocycles. The topological polar surface area (TPSA) is 61.1 Å². The van der Waals surface area contributed by atoms with E-state index >= 15 is 0 Å². The second-order valence-corrected chi connectivity index (χ2v) is 10.3. The molecule has 0 fully saturated rings. The number of aryl methyl sites for hydroxylation is 4. The minimum Gasteiger partial charge on any atom is -0.316 e. The predicted molar refractivity (Wildman–Crippen MR) is 128 cm³/mol. The zero-order valence-corrected chi connectivity index (χ0v) is 19.6. The number of aromatic nitrogens is 2. The summed E-state index contributed by atoms with van der Waals surface area (Å²) in [5.41, 5.74) is 2.99. The van der Waals surface area contributed by atoms with E-state index in [-0.39, 0.29) is 16.0 Å². The van der Waals surface area contributed by atoms with Crippen molar-refractivity contribution in [1.29, 1.82) is 0 Å². The van der Waals surface area contributed by atoms with Crippen molar-refractivity contribution < 1.29 is 8.42 Å². The van der Waals surface area contributed by atoms with Crippen LogP contribution in [0.4, 0.5) is 0 Å². The molecule has 0 amide bonds. The standard InChI is InChI=1S/C23H21IN2O3S/c1-16-8-12-19(13-9-16)30(28,29)26-21(24)14-20-18(15-25(2)23(27)22(20)26)11-10-17-6-4-3-5-7-17/h3-9,12-15H,10-11H2,1-2H3. The molecule has 0 aliphatic carbocycles. The second-order valence-electron chi connectivity index (χ2n) is 7.37. The van der Waals surface area contributed by atoms with Crippen molar-refractivity contribution in [2.24, 2.45) is 7.05 Å². The van der Waals surface area contributed by atoms with Crippen LogP contribution in [0.1, 0.15) is 16.7 Å². The van der Waals surface area contributed by atoms with Crippen molar-refractivity contribution in [3.8, 4) is 0 Å². The van der Waals surface area contributed by atoms with Gasteiger partial charge in [-0.05, 0) is 71.7 Å². The third kappa shape index (κ3) is 3.72. The van der Waals surface area contributed by atoms with E-state index < -0.39 is 10.0 Å². The highest BCUT2D eigenvalue weighted by Gasteiger charge is 2.25. The molecule has 0 saturated heterocycles. The number of benzene rings is 2. The van der Waals surface area contributed by atoms with E-state index in [9.17, 15) is 13.2 Å². The molecule has 0 aliphatic heterocycles. The molecule has 0 bridgehead atoms. The Balaban J connectivity index is 1.88. The quantitative estimate of drug-likeness (QED) is 0.361. The van der Waals surface area contributed by atoms with Gasteiger partial charge < -0.3 is 4.57 Å². The Labute approximate surface area is 189 Å². The van der Waals surface area contributed by atoms with Gasteiger partial charge in [0.15, 0.2) is 0 Å². The number of hydrogen-bond acceptors (Lipinski definition) is 3. The van der Waals surface area contributed by atoms with Gasteiger partial charge in [0.05, 0.1) is 8.60 Å². The molecule has 0 spiro atoms. The Kier molecular flexibility index (Phi) is 5.59. The van der Waals surface area contributed by atoms with Crippen LogP contribution >= 0.6 is 22.6 Å². The third-order valence-electron chi connectivity index (χ3n) is 5.22. The Morgan fingerprint density at radius 3 is 2.30 bits per heavy atom. The van der Waals surface area contributed by atoms with Gasteiger partial charge in [-0.3, -0.25) is 4.79 Å². The van der Waals surface area contributed by atoms with Crippen molar-refractivity contribution in [2.75, 3.05) is 0 Å². The summed E-state index contributed by atoms with van der Waals surface area (Å²) in [5, 5.41) is 0.689. The van der Waals surface area contributed by atoms with Crippen LogP contribution in [-0.4, -0.2) is 17.0 Å². The normalized spacial score (nSPS) is 11.8. The van der Waals surface area contributed by atoms with Crippen molar-refractivity contribution in [3.05, 3.63) is 97.6 Å². The summed E-state index contributed by atoms with van der Waals surface area (Å²) in [5.74, 6) is 0. The van der Waals surface area contributed by atoms with E-state index in [1.807, 2.05) is 53.9 Å². The van der Waals surface area contributed by atoms with E-state index in [0.717, 1.165) is 17.5 Å². The van der Waals surface area contributed by atoms with Crippen molar-refractivity contribution in [2.45, 2.75) is 24.7 Å². The molecule has 0 aliphatic rings.